The van der Waals surface area contributed by atoms with Gasteiger partial charge in [0.1, 0.15) is 11.5 Å². The average Bonchev–Trinajstić information content (AvgIpc) is 3.73. The zero-order valence-corrected chi connectivity index (χ0v) is 30.8. The molecular formula is C30H22B3ClF12N8O5. The first-order chi connectivity index (χ1) is 27.3. The molecule has 2 aromatic carbocycles. The molecule has 0 aliphatic carbocycles. The Morgan fingerprint density at radius 3 is 1.34 bits per heavy atom. The molecule has 0 unspecified atom stereocenters. The van der Waals surface area contributed by atoms with E-state index in [1.54, 1.807) is 6.92 Å². The van der Waals surface area contributed by atoms with Gasteiger partial charge in [-0.3, -0.25) is 0 Å². The number of rotatable bonds is 4. The second kappa shape index (κ2) is 17.1. The molecule has 1 aliphatic rings. The van der Waals surface area contributed by atoms with E-state index in [4.69, 9.17) is 25.3 Å². The van der Waals surface area contributed by atoms with E-state index in [0.29, 0.717) is 14.6 Å². The lowest BCUT2D eigenvalue weighted by Crippen LogP contribution is -2.44. The molecule has 1 fully saturated rings. The van der Waals surface area contributed by atoms with Crippen LogP contribution < -0.4 is 9.47 Å². The van der Waals surface area contributed by atoms with Crippen molar-refractivity contribution < 1.29 is 75.9 Å². The first-order valence-electron chi connectivity index (χ1n) is 16.3. The molecule has 4 aromatic heterocycles. The summed E-state index contributed by atoms with van der Waals surface area (Å²) in [5.74, 6) is -3.80. The number of hydrogen-bond acceptors (Lipinski definition) is 11. The number of halogens is 13. The van der Waals surface area contributed by atoms with Crippen LogP contribution in [0.3, 0.4) is 0 Å². The Bertz CT molecular complexity index is 2240. The minimum absolute atomic E-state index is 0.0166. The monoisotopic (exact) mass is 870 g/mol. The third-order valence-corrected chi connectivity index (χ3v) is 7.68. The largest absolute Gasteiger partial charge is 0.573 e. The number of alkyl halides is 12. The van der Waals surface area contributed by atoms with E-state index in [-0.39, 0.29) is 60.2 Å². The summed E-state index contributed by atoms with van der Waals surface area (Å²) in [6.45, 7) is 7.15. The van der Waals surface area contributed by atoms with Gasteiger partial charge in [-0.2, -0.15) is 45.6 Å². The normalized spacial score (nSPS) is 13.9. The molecule has 7 rings (SSSR count). The summed E-state index contributed by atoms with van der Waals surface area (Å²) in [7, 11) is -0.406. The van der Waals surface area contributed by atoms with Crippen LogP contribution >= 0.6 is 11.6 Å². The van der Waals surface area contributed by atoms with Crippen LogP contribution in [0.5, 0.6) is 11.5 Å². The molecule has 0 atom stereocenters. The van der Waals surface area contributed by atoms with Gasteiger partial charge in [-0.25, -0.2) is 0 Å². The third kappa shape index (κ3) is 11.9. The van der Waals surface area contributed by atoms with E-state index < -0.39 is 48.2 Å². The van der Waals surface area contributed by atoms with Gasteiger partial charge in [-0.05, 0) is 87.6 Å². The van der Waals surface area contributed by atoms with Crippen LogP contribution in [0.2, 0.25) is 25.5 Å². The third-order valence-electron chi connectivity index (χ3n) is 7.35. The quantitative estimate of drug-likeness (QED) is 0.124. The van der Waals surface area contributed by atoms with E-state index in [1.807, 2.05) is 20.5 Å². The van der Waals surface area contributed by atoms with Gasteiger partial charge >= 0.3 is 46.4 Å². The predicted molar refractivity (Wildman–Crippen MR) is 184 cm³/mol. The topological polar surface area (TPSA) is 132 Å². The lowest BCUT2D eigenvalue weighted by atomic mass is 9.74. The second-order valence-electron chi connectivity index (χ2n) is 11.8. The van der Waals surface area contributed by atoms with Gasteiger partial charge in [-0.1, -0.05) is 17.7 Å². The van der Waals surface area contributed by atoms with Gasteiger partial charge in [0.2, 0.25) is 0 Å². The van der Waals surface area contributed by atoms with Crippen molar-refractivity contribution >= 4 is 44.3 Å². The molecule has 13 nitrogen and oxygen atoms in total. The van der Waals surface area contributed by atoms with Crippen molar-refractivity contribution in [2.75, 3.05) is 0 Å². The van der Waals surface area contributed by atoms with Crippen molar-refractivity contribution in [3.05, 3.63) is 82.9 Å². The van der Waals surface area contributed by atoms with Gasteiger partial charge < -0.3 is 23.2 Å². The summed E-state index contributed by atoms with van der Waals surface area (Å²) in [6, 6.07) is 11.5. The molecule has 0 N–H and O–H groups in total. The Balaban J connectivity index is 0.000000186. The first-order valence-corrected chi connectivity index (χ1v) is 16.6. The molecular weight excluding hydrogens is 848 g/mol. The molecule has 1 saturated heterocycles. The molecule has 29 heteroatoms. The van der Waals surface area contributed by atoms with Gasteiger partial charge in [0.05, 0.1) is 16.4 Å². The van der Waals surface area contributed by atoms with E-state index in [2.05, 4.69) is 40.1 Å². The van der Waals surface area contributed by atoms with Crippen LogP contribution in [0.25, 0.3) is 33.8 Å². The molecule has 59 heavy (non-hydrogen) atoms. The van der Waals surface area contributed by atoms with Gasteiger partial charge in [0.25, 0.3) is 11.6 Å². The summed E-state index contributed by atoms with van der Waals surface area (Å²) in [6.07, 6.45) is -19.4. The SMILES string of the molecule is CB1OB(C)OB(C)O1.Cc1ccc(OC(F)(F)F)cc1-c1ccc2nnc(C(F)(F)F)n2n1.FC(F)(F)Oc1ccc(Cl)c(-c2ccc3nnc(C(F)(F)F)n3n2)c1. The molecule has 312 valence electrons. The Hall–Kier alpha value is -5.34. The summed E-state index contributed by atoms with van der Waals surface area (Å²) in [5.41, 5.74) is 0.213. The Labute approximate surface area is 328 Å². The maximum atomic E-state index is 12.9. The number of benzene rings is 2. The number of aromatic nitrogens is 8. The van der Waals surface area contributed by atoms with E-state index >= 15 is 0 Å². The summed E-state index contributed by atoms with van der Waals surface area (Å²) in [4.78, 5) is 0. The number of ether oxygens (including phenoxy) is 2. The Morgan fingerprint density at radius 1 is 0.542 bits per heavy atom. The summed E-state index contributed by atoms with van der Waals surface area (Å²) in [5, 5.41) is 20.2. The number of aryl methyl sites for hydroxylation is 1. The fraction of sp³-hybridized carbons (Fsp3) is 0.267. The molecule has 0 radical (unpaired) electrons. The van der Waals surface area contributed by atoms with Crippen LogP contribution in [0.15, 0.2) is 60.7 Å². The van der Waals surface area contributed by atoms with Crippen LogP contribution in [0.1, 0.15) is 17.2 Å². The molecule has 0 bridgehead atoms. The highest BCUT2D eigenvalue weighted by molar-refractivity contribution is 6.72. The highest BCUT2D eigenvalue weighted by atomic mass is 35.5. The summed E-state index contributed by atoms with van der Waals surface area (Å²) < 4.78 is 175. The number of nitrogens with zero attached hydrogens (tertiary/aromatic N) is 8. The smallest absolute Gasteiger partial charge is 0.453 e. The maximum absolute atomic E-state index is 12.9. The van der Waals surface area contributed by atoms with Crippen molar-refractivity contribution in [2.24, 2.45) is 0 Å². The van der Waals surface area contributed by atoms with Crippen LogP contribution in [0, 0.1) is 6.92 Å². The molecule has 0 spiro atoms. The van der Waals surface area contributed by atoms with E-state index in [0.717, 1.165) is 30.3 Å². The standard InChI is InChI=1S/C14H8F6N4O.C13H5ClF6N4O.C3H9B3O3/c1-7-2-3-8(25-14(18,19)20)6-9(7)10-4-5-11-21-22-12(13(15,16)17)24(11)23-10;14-8-2-1-6(25-13(18,19)20)5-7(8)9-3-4-10-21-22-11(12(15,16)17)24(10)23-9;1-4-7-5(2)9-6(3)8-4/h2-6H,1H3;1-5H;1-3H3. The zero-order chi connectivity index (χ0) is 43.7. The van der Waals surface area contributed by atoms with Gasteiger partial charge in [-0.15, -0.1) is 46.7 Å². The van der Waals surface area contributed by atoms with E-state index in [1.165, 1.54) is 30.3 Å². The molecule has 0 saturated carbocycles. The lowest BCUT2D eigenvalue weighted by molar-refractivity contribution is -0.275. The zero-order valence-electron chi connectivity index (χ0n) is 30.0. The van der Waals surface area contributed by atoms with E-state index in [9.17, 15) is 52.7 Å². The van der Waals surface area contributed by atoms with Crippen molar-refractivity contribution in [2.45, 2.75) is 52.5 Å². The minimum Gasteiger partial charge on any atom is -0.453 e. The van der Waals surface area contributed by atoms with Crippen molar-refractivity contribution in [3.63, 3.8) is 0 Å². The van der Waals surface area contributed by atoms with Crippen LogP contribution in [-0.2, 0) is 26.1 Å². The number of fused-ring (bicyclic) bond motifs is 2. The van der Waals surface area contributed by atoms with Crippen molar-refractivity contribution in [3.8, 4) is 34.0 Å². The molecule has 6 aromatic rings. The molecule has 1 aliphatic heterocycles. The maximum Gasteiger partial charge on any atom is 0.573 e. The second-order valence-corrected chi connectivity index (χ2v) is 12.3. The van der Waals surface area contributed by atoms with Crippen molar-refractivity contribution in [1.29, 1.82) is 0 Å². The Kier molecular flexibility index (Phi) is 13.0. The fourth-order valence-corrected chi connectivity index (χ4v) is 5.31. The Morgan fingerprint density at radius 2 is 0.932 bits per heavy atom. The minimum atomic E-state index is -4.93. The van der Waals surface area contributed by atoms with Gasteiger partial charge in [0.15, 0.2) is 11.3 Å². The molecule has 0 amide bonds. The molecule has 5 heterocycles. The fourth-order valence-electron chi connectivity index (χ4n) is 5.10. The number of hydrogen-bond donors (Lipinski definition) is 0. The highest BCUT2D eigenvalue weighted by Gasteiger charge is 2.39. The predicted octanol–water partition coefficient (Wildman–Crippen LogP) is 8.78. The highest BCUT2D eigenvalue weighted by Crippen LogP contribution is 2.35. The van der Waals surface area contributed by atoms with Crippen molar-refractivity contribution in [1.82, 2.24) is 39.6 Å². The lowest BCUT2D eigenvalue weighted by Gasteiger charge is -2.25. The van der Waals surface area contributed by atoms with Gasteiger partial charge in [0, 0.05) is 11.1 Å². The average molecular weight is 870 g/mol. The summed E-state index contributed by atoms with van der Waals surface area (Å²) >= 11 is 5.92. The van der Waals surface area contributed by atoms with Crippen LogP contribution in [0.4, 0.5) is 52.7 Å². The van der Waals surface area contributed by atoms with Crippen LogP contribution in [-0.4, -0.2) is 73.7 Å². The first kappa shape index (κ1) is 44.8.